The van der Waals surface area contributed by atoms with Crippen LogP contribution in [0.1, 0.15) is 37.0 Å². The fraction of sp³-hybridized carbons (Fsp3) is 0.467. The lowest BCUT2D eigenvalue weighted by Gasteiger charge is -2.20. The van der Waals surface area contributed by atoms with Crippen LogP contribution in [0, 0.1) is 0 Å². The second-order valence-corrected chi connectivity index (χ2v) is 4.61. The Kier molecular flexibility index (Phi) is 6.84. The minimum absolute atomic E-state index is 0.0717. The Labute approximate surface area is 123 Å². The third-order valence-electron chi connectivity index (χ3n) is 3.03. The number of carbonyl (C=O) groups excluding carboxylic acids is 1. The molecule has 0 saturated heterocycles. The summed E-state index contributed by atoms with van der Waals surface area (Å²) in [5.74, 6) is -1.53. The van der Waals surface area contributed by atoms with Gasteiger partial charge in [-0.15, -0.1) is 0 Å². The van der Waals surface area contributed by atoms with Crippen molar-refractivity contribution in [3.05, 3.63) is 35.4 Å². The van der Waals surface area contributed by atoms with E-state index in [1.807, 2.05) is 0 Å². The fourth-order valence-electron chi connectivity index (χ4n) is 2.00. The topological polar surface area (TPSA) is 104 Å². The number of hydrogen-bond donors (Lipinski definition) is 3. The van der Waals surface area contributed by atoms with Crippen molar-refractivity contribution in [1.82, 2.24) is 0 Å². The summed E-state index contributed by atoms with van der Waals surface area (Å²) in [5, 5.41) is 28.8. The average Bonchev–Trinajstić information content (AvgIpc) is 2.44. The van der Waals surface area contributed by atoms with Crippen LogP contribution in [0.25, 0.3) is 0 Å². The number of aliphatic hydroxyl groups excluding tert-OH is 2. The van der Waals surface area contributed by atoms with Gasteiger partial charge < -0.3 is 20.1 Å². The van der Waals surface area contributed by atoms with Gasteiger partial charge in [-0.2, -0.15) is 0 Å². The van der Waals surface area contributed by atoms with E-state index in [9.17, 15) is 19.8 Å². The number of carboxylic acids is 1. The monoisotopic (exact) mass is 296 g/mol. The highest BCUT2D eigenvalue weighted by atomic mass is 16.5. The number of aryl methyl sites for hydroxylation is 1. The molecule has 0 aliphatic carbocycles. The number of hydrogen-bond acceptors (Lipinski definition) is 5. The van der Waals surface area contributed by atoms with Crippen molar-refractivity contribution in [1.29, 1.82) is 0 Å². The Bertz CT molecular complexity index is 485. The summed E-state index contributed by atoms with van der Waals surface area (Å²) in [5.41, 5.74) is 1.06. The van der Waals surface area contributed by atoms with Crippen molar-refractivity contribution in [2.75, 3.05) is 6.61 Å². The van der Waals surface area contributed by atoms with Crippen LogP contribution in [0.15, 0.2) is 24.3 Å². The van der Waals surface area contributed by atoms with Gasteiger partial charge in [0.15, 0.2) is 0 Å². The van der Waals surface area contributed by atoms with Gasteiger partial charge >= 0.3 is 11.9 Å². The molecule has 0 saturated carbocycles. The molecule has 0 aliphatic rings. The highest BCUT2D eigenvalue weighted by molar-refractivity contribution is 5.70. The van der Waals surface area contributed by atoms with Crippen molar-refractivity contribution in [3.8, 4) is 0 Å². The van der Waals surface area contributed by atoms with Gasteiger partial charge in [-0.1, -0.05) is 24.3 Å². The Morgan fingerprint density at radius 2 is 1.90 bits per heavy atom. The summed E-state index contributed by atoms with van der Waals surface area (Å²) in [6.07, 6.45) is -2.70. The van der Waals surface area contributed by atoms with Crippen molar-refractivity contribution in [2.24, 2.45) is 0 Å². The van der Waals surface area contributed by atoms with E-state index >= 15 is 0 Å². The van der Waals surface area contributed by atoms with Gasteiger partial charge in [-0.25, -0.2) is 0 Å². The summed E-state index contributed by atoms with van der Waals surface area (Å²) in [6.45, 7) is 1.86. The van der Waals surface area contributed by atoms with Crippen molar-refractivity contribution < 1.29 is 29.6 Å². The molecule has 0 fully saturated rings. The average molecular weight is 296 g/mol. The SMILES string of the molecule is CCOC(=O)CC(O)C(O)c1ccccc1CCC(=O)O. The zero-order chi connectivity index (χ0) is 15.8. The van der Waals surface area contributed by atoms with E-state index in [4.69, 9.17) is 9.84 Å². The van der Waals surface area contributed by atoms with E-state index < -0.39 is 24.1 Å². The first kappa shape index (κ1) is 17.1. The molecule has 116 valence electrons. The lowest BCUT2D eigenvalue weighted by Crippen LogP contribution is -2.24. The molecule has 6 heteroatoms. The summed E-state index contributed by atoms with van der Waals surface area (Å²) in [6, 6.07) is 6.71. The molecule has 1 aromatic carbocycles. The second kappa shape index (κ2) is 8.39. The second-order valence-electron chi connectivity index (χ2n) is 4.61. The third kappa shape index (κ3) is 5.53. The van der Waals surface area contributed by atoms with Gasteiger partial charge in [0.1, 0.15) is 6.10 Å². The third-order valence-corrected chi connectivity index (χ3v) is 3.03. The number of aliphatic carboxylic acids is 1. The number of carbonyl (C=O) groups is 2. The molecule has 2 unspecified atom stereocenters. The summed E-state index contributed by atoms with van der Waals surface area (Å²) in [7, 11) is 0. The number of esters is 1. The molecule has 0 aromatic heterocycles. The molecule has 1 aromatic rings. The highest BCUT2D eigenvalue weighted by Crippen LogP contribution is 2.24. The van der Waals surface area contributed by atoms with Gasteiger partial charge in [0, 0.05) is 6.42 Å². The smallest absolute Gasteiger partial charge is 0.308 e. The lowest BCUT2D eigenvalue weighted by molar-refractivity contribution is -0.147. The Morgan fingerprint density at radius 3 is 2.52 bits per heavy atom. The van der Waals surface area contributed by atoms with Gasteiger partial charge in [-0.3, -0.25) is 9.59 Å². The van der Waals surface area contributed by atoms with E-state index in [1.165, 1.54) is 0 Å². The van der Waals surface area contributed by atoms with Gasteiger partial charge in [0.25, 0.3) is 0 Å². The predicted octanol–water partition coefficient (Wildman–Crippen LogP) is 1.05. The van der Waals surface area contributed by atoms with Gasteiger partial charge in [0.05, 0.1) is 19.1 Å². The maximum Gasteiger partial charge on any atom is 0.308 e. The summed E-state index contributed by atoms with van der Waals surface area (Å²) in [4.78, 5) is 22.0. The molecule has 21 heavy (non-hydrogen) atoms. The first-order valence-corrected chi connectivity index (χ1v) is 6.77. The number of aliphatic hydroxyl groups is 2. The molecule has 0 heterocycles. The predicted molar refractivity (Wildman–Crippen MR) is 74.6 cm³/mol. The maximum atomic E-state index is 11.3. The molecule has 3 N–H and O–H groups in total. The van der Waals surface area contributed by atoms with Crippen molar-refractivity contribution in [2.45, 2.75) is 38.4 Å². The highest BCUT2D eigenvalue weighted by Gasteiger charge is 2.24. The van der Waals surface area contributed by atoms with Gasteiger partial charge in [-0.05, 0) is 24.5 Å². The molecule has 0 aliphatic heterocycles. The first-order chi connectivity index (χ1) is 9.95. The molecule has 0 bridgehead atoms. The van der Waals surface area contributed by atoms with Crippen LogP contribution in [-0.2, 0) is 20.7 Å². The largest absolute Gasteiger partial charge is 0.481 e. The van der Waals surface area contributed by atoms with Crippen LogP contribution >= 0.6 is 0 Å². The first-order valence-electron chi connectivity index (χ1n) is 6.77. The normalized spacial score (nSPS) is 13.5. The Morgan fingerprint density at radius 1 is 1.24 bits per heavy atom. The maximum absolute atomic E-state index is 11.3. The van der Waals surface area contributed by atoms with Crippen molar-refractivity contribution >= 4 is 11.9 Å². The van der Waals surface area contributed by atoms with Crippen LogP contribution in [0.2, 0.25) is 0 Å². The van der Waals surface area contributed by atoms with E-state index in [1.54, 1.807) is 31.2 Å². The zero-order valence-corrected chi connectivity index (χ0v) is 11.9. The van der Waals surface area contributed by atoms with Gasteiger partial charge in [0.2, 0.25) is 0 Å². The number of carboxylic acid groups (broad SMARTS) is 1. The van der Waals surface area contributed by atoms with Crippen molar-refractivity contribution in [3.63, 3.8) is 0 Å². The Hall–Kier alpha value is -1.92. The van der Waals surface area contributed by atoms with E-state index in [0.29, 0.717) is 11.1 Å². The molecule has 2 atom stereocenters. The standard InChI is InChI=1S/C15H20O6/c1-2-21-14(19)9-12(16)15(20)11-6-4-3-5-10(11)7-8-13(17)18/h3-6,12,15-16,20H,2,7-9H2,1H3,(H,17,18). The molecular formula is C15H20O6. The van der Waals surface area contributed by atoms with E-state index in [-0.39, 0.29) is 25.9 Å². The fourth-order valence-corrected chi connectivity index (χ4v) is 2.00. The summed E-state index contributed by atoms with van der Waals surface area (Å²) < 4.78 is 4.72. The molecule has 6 nitrogen and oxygen atoms in total. The minimum atomic E-state index is -1.30. The van der Waals surface area contributed by atoms with Crippen LogP contribution in [0.5, 0.6) is 0 Å². The zero-order valence-electron chi connectivity index (χ0n) is 11.9. The lowest BCUT2D eigenvalue weighted by atomic mass is 9.94. The van der Waals surface area contributed by atoms with Crippen LogP contribution < -0.4 is 0 Å². The molecular weight excluding hydrogens is 276 g/mol. The molecule has 0 amide bonds. The van der Waals surface area contributed by atoms with Crippen LogP contribution in [0.4, 0.5) is 0 Å². The molecule has 1 rings (SSSR count). The number of ether oxygens (including phenoxy) is 1. The number of rotatable bonds is 8. The van der Waals surface area contributed by atoms with Crippen LogP contribution in [0.3, 0.4) is 0 Å². The van der Waals surface area contributed by atoms with E-state index in [0.717, 1.165) is 0 Å². The van der Waals surface area contributed by atoms with Crippen LogP contribution in [-0.4, -0.2) is 40.0 Å². The summed E-state index contributed by atoms with van der Waals surface area (Å²) >= 11 is 0. The molecule has 0 spiro atoms. The Balaban J connectivity index is 2.78. The van der Waals surface area contributed by atoms with E-state index in [2.05, 4.69) is 0 Å². The minimum Gasteiger partial charge on any atom is -0.481 e. The number of benzene rings is 1. The molecule has 0 radical (unpaired) electrons. The quantitative estimate of drug-likeness (QED) is 0.619.